The lowest BCUT2D eigenvalue weighted by Gasteiger charge is -2.32. The molecule has 0 aromatic heterocycles. The normalized spacial score (nSPS) is 23.6. The van der Waals surface area contributed by atoms with Crippen LogP contribution in [0.2, 0.25) is 0 Å². The zero-order chi connectivity index (χ0) is 11.4. The lowest BCUT2D eigenvalue weighted by molar-refractivity contribution is -0.158. The van der Waals surface area contributed by atoms with E-state index >= 15 is 0 Å². The fourth-order valence-corrected chi connectivity index (χ4v) is 1.80. The molecule has 16 heavy (non-hydrogen) atoms. The van der Waals surface area contributed by atoms with Gasteiger partial charge < -0.3 is 9.47 Å². The van der Waals surface area contributed by atoms with Gasteiger partial charge in [0.15, 0.2) is 0 Å². The van der Waals surface area contributed by atoms with E-state index < -0.39 is 0 Å². The molecule has 0 amide bonds. The van der Waals surface area contributed by atoms with E-state index in [0.717, 1.165) is 18.4 Å². The molecule has 1 aromatic carbocycles. The molecule has 0 N–H and O–H groups in total. The summed E-state index contributed by atoms with van der Waals surface area (Å²) in [6.07, 6.45) is 1.84. The number of methoxy groups -OCH3 is 1. The quantitative estimate of drug-likeness (QED) is 0.729. The molecular weight excluding hydrogens is 204 g/mol. The monoisotopic (exact) mass is 220 g/mol. The number of rotatable bonds is 4. The smallest absolute Gasteiger partial charge is 0.309 e. The highest BCUT2D eigenvalue weighted by molar-refractivity contribution is 5.73. The van der Waals surface area contributed by atoms with Gasteiger partial charge in [0.2, 0.25) is 0 Å². The molecule has 2 rings (SSSR count). The standard InChI is InChI=1S/C13H16O3/c1-15-12-7-11(8-12)13(14)16-9-10-5-3-2-4-6-10/h2-6,11-12H,7-9H2,1H3. The molecule has 1 aromatic rings. The van der Waals surface area contributed by atoms with E-state index in [4.69, 9.17) is 9.47 Å². The van der Waals surface area contributed by atoms with Crippen LogP contribution in [0.3, 0.4) is 0 Å². The summed E-state index contributed by atoms with van der Waals surface area (Å²) >= 11 is 0. The van der Waals surface area contributed by atoms with Crippen LogP contribution < -0.4 is 0 Å². The number of esters is 1. The van der Waals surface area contributed by atoms with Crippen molar-refractivity contribution < 1.29 is 14.3 Å². The Labute approximate surface area is 95.4 Å². The molecule has 0 bridgehead atoms. The van der Waals surface area contributed by atoms with Crippen LogP contribution in [0.25, 0.3) is 0 Å². The summed E-state index contributed by atoms with van der Waals surface area (Å²) in [5.74, 6) is -0.0641. The average molecular weight is 220 g/mol. The second kappa shape index (κ2) is 5.12. The Hall–Kier alpha value is -1.35. The van der Waals surface area contributed by atoms with E-state index in [9.17, 15) is 4.79 Å². The molecule has 0 atom stereocenters. The van der Waals surface area contributed by atoms with Crippen molar-refractivity contribution in [3.63, 3.8) is 0 Å². The van der Waals surface area contributed by atoms with Gasteiger partial charge in [-0.15, -0.1) is 0 Å². The van der Waals surface area contributed by atoms with Gasteiger partial charge in [-0.1, -0.05) is 30.3 Å². The van der Waals surface area contributed by atoms with Crippen molar-refractivity contribution in [1.29, 1.82) is 0 Å². The van der Waals surface area contributed by atoms with Crippen molar-refractivity contribution in [2.75, 3.05) is 7.11 Å². The first-order chi connectivity index (χ1) is 7.79. The number of ether oxygens (including phenoxy) is 2. The SMILES string of the molecule is COC1CC(C(=O)OCc2ccccc2)C1. The van der Waals surface area contributed by atoms with Gasteiger partial charge in [0.1, 0.15) is 6.61 Å². The Morgan fingerprint density at radius 2 is 2.00 bits per heavy atom. The molecule has 0 aliphatic heterocycles. The Morgan fingerprint density at radius 3 is 2.62 bits per heavy atom. The van der Waals surface area contributed by atoms with Crippen LogP contribution in [0.15, 0.2) is 30.3 Å². The van der Waals surface area contributed by atoms with Crippen molar-refractivity contribution in [2.24, 2.45) is 5.92 Å². The molecule has 0 unspecified atom stereocenters. The minimum atomic E-state index is -0.0999. The molecule has 0 radical (unpaired) electrons. The molecule has 0 spiro atoms. The Kier molecular flexibility index (Phi) is 3.57. The van der Waals surface area contributed by atoms with Gasteiger partial charge in [0, 0.05) is 7.11 Å². The topological polar surface area (TPSA) is 35.5 Å². The van der Waals surface area contributed by atoms with Gasteiger partial charge in [-0.3, -0.25) is 4.79 Å². The summed E-state index contributed by atoms with van der Waals surface area (Å²) in [6.45, 7) is 0.369. The minimum Gasteiger partial charge on any atom is -0.461 e. The minimum absolute atomic E-state index is 0.0358. The summed E-state index contributed by atoms with van der Waals surface area (Å²) in [4.78, 5) is 11.6. The lowest BCUT2D eigenvalue weighted by atomic mass is 9.82. The van der Waals surface area contributed by atoms with Gasteiger partial charge in [0.25, 0.3) is 0 Å². The Morgan fingerprint density at radius 1 is 1.31 bits per heavy atom. The third-order valence-corrected chi connectivity index (χ3v) is 2.99. The van der Waals surface area contributed by atoms with Crippen molar-refractivity contribution in [2.45, 2.75) is 25.6 Å². The highest BCUT2D eigenvalue weighted by Crippen LogP contribution is 2.30. The maximum Gasteiger partial charge on any atom is 0.309 e. The predicted molar refractivity (Wildman–Crippen MR) is 59.8 cm³/mol. The van der Waals surface area contributed by atoms with Gasteiger partial charge >= 0.3 is 5.97 Å². The van der Waals surface area contributed by atoms with E-state index in [1.165, 1.54) is 0 Å². The molecule has 0 saturated heterocycles. The third-order valence-electron chi connectivity index (χ3n) is 2.99. The van der Waals surface area contributed by atoms with Crippen molar-refractivity contribution in [3.8, 4) is 0 Å². The first kappa shape index (κ1) is 11.1. The van der Waals surface area contributed by atoms with Gasteiger partial charge in [-0.05, 0) is 18.4 Å². The van der Waals surface area contributed by atoms with Crippen LogP contribution >= 0.6 is 0 Å². The summed E-state index contributed by atoms with van der Waals surface area (Å²) in [5, 5.41) is 0. The second-order valence-electron chi connectivity index (χ2n) is 4.12. The summed E-state index contributed by atoms with van der Waals surface area (Å²) < 4.78 is 10.4. The van der Waals surface area contributed by atoms with Crippen molar-refractivity contribution >= 4 is 5.97 Å². The van der Waals surface area contributed by atoms with Crippen molar-refractivity contribution in [3.05, 3.63) is 35.9 Å². The second-order valence-corrected chi connectivity index (χ2v) is 4.12. The number of carbonyl (C=O) groups excluding carboxylic acids is 1. The largest absolute Gasteiger partial charge is 0.461 e. The van der Waals surface area contributed by atoms with Crippen LogP contribution in [0, 0.1) is 5.92 Å². The predicted octanol–water partition coefficient (Wildman–Crippen LogP) is 2.15. The summed E-state index contributed by atoms with van der Waals surface area (Å²) in [7, 11) is 1.68. The van der Waals surface area contributed by atoms with Crippen LogP contribution in [0.1, 0.15) is 18.4 Å². The zero-order valence-corrected chi connectivity index (χ0v) is 9.39. The molecule has 1 saturated carbocycles. The number of hydrogen-bond acceptors (Lipinski definition) is 3. The van der Waals surface area contributed by atoms with E-state index in [1.54, 1.807) is 7.11 Å². The number of benzene rings is 1. The first-order valence-corrected chi connectivity index (χ1v) is 5.53. The third kappa shape index (κ3) is 2.61. The molecule has 1 aliphatic rings. The van der Waals surface area contributed by atoms with E-state index in [-0.39, 0.29) is 18.0 Å². The molecule has 0 heterocycles. The fraction of sp³-hybridized carbons (Fsp3) is 0.462. The lowest BCUT2D eigenvalue weighted by Crippen LogP contribution is -2.36. The van der Waals surface area contributed by atoms with Gasteiger partial charge in [-0.2, -0.15) is 0 Å². The zero-order valence-electron chi connectivity index (χ0n) is 9.39. The van der Waals surface area contributed by atoms with Gasteiger partial charge in [-0.25, -0.2) is 0 Å². The Bertz CT molecular complexity index is 341. The molecule has 3 nitrogen and oxygen atoms in total. The van der Waals surface area contributed by atoms with E-state index in [0.29, 0.717) is 6.61 Å². The van der Waals surface area contributed by atoms with Crippen LogP contribution in [-0.4, -0.2) is 19.2 Å². The first-order valence-electron chi connectivity index (χ1n) is 5.53. The molecular formula is C13H16O3. The molecule has 1 fully saturated rings. The van der Waals surface area contributed by atoms with Crippen LogP contribution in [-0.2, 0) is 20.9 Å². The number of hydrogen-bond donors (Lipinski definition) is 0. The molecule has 86 valence electrons. The Balaban J connectivity index is 1.73. The van der Waals surface area contributed by atoms with Crippen LogP contribution in [0.5, 0.6) is 0 Å². The number of carbonyl (C=O) groups is 1. The summed E-state index contributed by atoms with van der Waals surface area (Å²) in [6, 6.07) is 9.72. The molecule has 1 aliphatic carbocycles. The average Bonchev–Trinajstić information content (AvgIpc) is 2.26. The highest BCUT2D eigenvalue weighted by Gasteiger charge is 2.35. The molecule has 3 heteroatoms. The summed E-state index contributed by atoms with van der Waals surface area (Å²) in [5.41, 5.74) is 1.03. The van der Waals surface area contributed by atoms with Crippen molar-refractivity contribution in [1.82, 2.24) is 0 Å². The maximum atomic E-state index is 11.6. The van der Waals surface area contributed by atoms with Crippen LogP contribution in [0.4, 0.5) is 0 Å². The highest BCUT2D eigenvalue weighted by atomic mass is 16.5. The van der Waals surface area contributed by atoms with E-state index in [1.807, 2.05) is 30.3 Å². The fourth-order valence-electron chi connectivity index (χ4n) is 1.80. The maximum absolute atomic E-state index is 11.6. The van der Waals surface area contributed by atoms with Gasteiger partial charge in [0.05, 0.1) is 12.0 Å². The van der Waals surface area contributed by atoms with E-state index in [2.05, 4.69) is 0 Å².